The number of quaternary nitrogens is 1. The van der Waals surface area contributed by atoms with Crippen LogP contribution in [0.25, 0.3) is 6.08 Å². The van der Waals surface area contributed by atoms with Crippen molar-refractivity contribution in [1.29, 1.82) is 5.26 Å². The van der Waals surface area contributed by atoms with Gasteiger partial charge in [0.1, 0.15) is 23.9 Å². The molecule has 0 bridgehead atoms. The number of nitriles is 1. The molecule has 0 spiro atoms. The van der Waals surface area contributed by atoms with Crippen LogP contribution in [0, 0.1) is 37.0 Å². The maximum atomic E-state index is 13.5. The van der Waals surface area contributed by atoms with Crippen molar-refractivity contribution >= 4 is 23.6 Å². The minimum absolute atomic E-state index is 0.189. The molecule has 0 aliphatic carbocycles. The summed E-state index contributed by atoms with van der Waals surface area (Å²) in [7, 11) is 0. The number of hydrogen-bond donors (Lipinski definition) is 1. The standard InChI is InChI=1S/C23H19N3O2/c1-13-9-14(2)11-16(10-13)26-22(27)19-18(12-24)25-8-7-15-5-3-4-6-17(15)21(25)20(19)23(26)28/h3-11,18-21H,1-2H3/p+1/t18-,19+,20+,21-/m0/s1. The minimum atomic E-state index is -0.617. The molecule has 0 aromatic heterocycles. The van der Waals surface area contributed by atoms with E-state index in [1.54, 1.807) is 0 Å². The smallest absolute Gasteiger partial charge is 0.245 e. The zero-order valence-corrected chi connectivity index (χ0v) is 15.7. The van der Waals surface area contributed by atoms with Crippen molar-refractivity contribution in [1.82, 2.24) is 0 Å². The molecule has 5 heteroatoms. The van der Waals surface area contributed by atoms with Crippen LogP contribution >= 0.6 is 0 Å². The number of fused-ring (bicyclic) bond motifs is 5. The normalized spacial score (nSPS) is 30.0. The summed E-state index contributed by atoms with van der Waals surface area (Å²) in [5.74, 6) is -1.57. The van der Waals surface area contributed by atoms with Crippen LogP contribution in [-0.4, -0.2) is 17.9 Å². The van der Waals surface area contributed by atoms with E-state index in [-0.39, 0.29) is 17.9 Å². The SMILES string of the molecule is Cc1cc(C)cc(N2C(=O)[C@@H]3[C@H](C2=O)[C@H](C#N)[NH+]2C=Cc4ccccc4[C@@H]32)c1. The molecule has 138 valence electrons. The second-order valence-electron chi connectivity index (χ2n) is 7.96. The van der Waals surface area contributed by atoms with Gasteiger partial charge in [0.05, 0.1) is 11.9 Å². The number of hydrogen-bond acceptors (Lipinski definition) is 3. The molecule has 1 N–H and O–H groups in total. The number of rotatable bonds is 1. The first-order valence-corrected chi connectivity index (χ1v) is 9.50. The van der Waals surface area contributed by atoms with Crippen LogP contribution in [-0.2, 0) is 9.59 Å². The molecular weight excluding hydrogens is 350 g/mol. The Morgan fingerprint density at radius 2 is 1.68 bits per heavy atom. The zero-order valence-electron chi connectivity index (χ0n) is 15.7. The van der Waals surface area contributed by atoms with Crippen LogP contribution in [0.4, 0.5) is 5.69 Å². The number of amides is 2. The molecule has 3 aliphatic rings. The fraction of sp³-hybridized carbons (Fsp3) is 0.261. The van der Waals surface area contributed by atoms with Gasteiger partial charge in [-0.05, 0) is 48.7 Å². The van der Waals surface area contributed by atoms with Crippen molar-refractivity contribution in [3.05, 3.63) is 70.9 Å². The van der Waals surface area contributed by atoms with Gasteiger partial charge in [0, 0.05) is 5.56 Å². The molecule has 3 heterocycles. The number of anilines is 1. The molecule has 2 aromatic rings. The third-order valence-electron chi connectivity index (χ3n) is 6.22. The molecule has 2 amide bonds. The van der Waals surface area contributed by atoms with Gasteiger partial charge in [-0.3, -0.25) is 14.5 Å². The predicted molar refractivity (Wildman–Crippen MR) is 104 cm³/mol. The number of benzene rings is 2. The Morgan fingerprint density at radius 1 is 1.00 bits per heavy atom. The van der Waals surface area contributed by atoms with E-state index >= 15 is 0 Å². The molecule has 2 aromatic carbocycles. The largest absolute Gasteiger partial charge is 0.287 e. The number of carbonyl (C=O) groups is 2. The lowest BCUT2D eigenvalue weighted by atomic mass is 9.85. The van der Waals surface area contributed by atoms with Crippen molar-refractivity contribution in [2.75, 3.05) is 4.90 Å². The highest BCUT2D eigenvalue weighted by molar-refractivity contribution is 6.22. The number of carbonyl (C=O) groups excluding carboxylic acids is 2. The van der Waals surface area contributed by atoms with Crippen LogP contribution in [0.3, 0.4) is 0 Å². The van der Waals surface area contributed by atoms with E-state index in [0.29, 0.717) is 5.69 Å². The number of nitrogens with zero attached hydrogens (tertiary/aromatic N) is 2. The van der Waals surface area contributed by atoms with Crippen LogP contribution in [0.15, 0.2) is 48.7 Å². The van der Waals surface area contributed by atoms with Crippen molar-refractivity contribution in [3.8, 4) is 6.07 Å². The van der Waals surface area contributed by atoms with Crippen molar-refractivity contribution in [2.24, 2.45) is 11.8 Å². The Kier molecular flexibility index (Phi) is 3.55. The van der Waals surface area contributed by atoms with Gasteiger partial charge in [0.15, 0.2) is 6.04 Å². The molecule has 3 aliphatic heterocycles. The highest BCUT2D eigenvalue weighted by Gasteiger charge is 2.66. The molecule has 1 unspecified atom stereocenters. The van der Waals surface area contributed by atoms with E-state index in [1.807, 2.05) is 68.6 Å². The maximum Gasteiger partial charge on any atom is 0.245 e. The maximum absolute atomic E-state index is 13.5. The van der Waals surface area contributed by atoms with Gasteiger partial charge < -0.3 is 0 Å². The monoisotopic (exact) mass is 370 g/mol. The zero-order chi connectivity index (χ0) is 19.6. The fourth-order valence-corrected chi connectivity index (χ4v) is 5.22. The Hall–Kier alpha value is -3.23. The second-order valence-corrected chi connectivity index (χ2v) is 7.96. The van der Waals surface area contributed by atoms with Crippen molar-refractivity contribution in [2.45, 2.75) is 25.9 Å². The molecule has 2 fully saturated rings. The quantitative estimate of drug-likeness (QED) is 0.780. The molecule has 5 rings (SSSR count). The van der Waals surface area contributed by atoms with E-state index in [0.717, 1.165) is 27.2 Å². The molecule has 0 radical (unpaired) electrons. The summed E-state index contributed by atoms with van der Waals surface area (Å²) in [5.41, 5.74) is 4.71. The number of imide groups is 1. The summed E-state index contributed by atoms with van der Waals surface area (Å²) in [6.45, 7) is 3.91. The summed E-state index contributed by atoms with van der Waals surface area (Å²) in [6.07, 6.45) is 3.93. The van der Waals surface area contributed by atoms with Gasteiger partial charge in [-0.25, -0.2) is 4.90 Å². The summed E-state index contributed by atoms with van der Waals surface area (Å²) >= 11 is 0. The summed E-state index contributed by atoms with van der Waals surface area (Å²) in [6, 6.07) is 15.2. The number of aryl methyl sites for hydroxylation is 2. The first kappa shape index (κ1) is 16.9. The minimum Gasteiger partial charge on any atom is -0.287 e. The lowest BCUT2D eigenvalue weighted by molar-refractivity contribution is -0.885. The Morgan fingerprint density at radius 3 is 2.39 bits per heavy atom. The third-order valence-corrected chi connectivity index (χ3v) is 6.22. The van der Waals surface area contributed by atoms with E-state index in [4.69, 9.17) is 0 Å². The van der Waals surface area contributed by atoms with Crippen molar-refractivity contribution in [3.63, 3.8) is 0 Å². The van der Waals surface area contributed by atoms with Gasteiger partial charge in [-0.1, -0.05) is 30.3 Å². The van der Waals surface area contributed by atoms with Crippen LogP contribution in [0.5, 0.6) is 0 Å². The van der Waals surface area contributed by atoms with E-state index in [1.165, 1.54) is 4.90 Å². The van der Waals surface area contributed by atoms with Gasteiger partial charge in [0.25, 0.3) is 0 Å². The van der Waals surface area contributed by atoms with E-state index in [2.05, 4.69) is 6.07 Å². The Bertz CT molecular complexity index is 1080. The molecule has 5 atom stereocenters. The Labute approximate surface area is 163 Å². The van der Waals surface area contributed by atoms with Gasteiger partial charge >= 0.3 is 0 Å². The fourth-order valence-electron chi connectivity index (χ4n) is 5.22. The predicted octanol–water partition coefficient (Wildman–Crippen LogP) is 1.93. The summed E-state index contributed by atoms with van der Waals surface area (Å²) in [5, 5.41) is 9.86. The van der Waals surface area contributed by atoms with E-state index < -0.39 is 17.9 Å². The van der Waals surface area contributed by atoms with Crippen LogP contribution in [0.2, 0.25) is 0 Å². The molecular formula is C23H20N3O2+. The third kappa shape index (κ3) is 2.15. The van der Waals surface area contributed by atoms with Crippen LogP contribution in [0.1, 0.15) is 28.3 Å². The first-order valence-electron chi connectivity index (χ1n) is 9.50. The van der Waals surface area contributed by atoms with Crippen LogP contribution < -0.4 is 9.80 Å². The molecule has 0 saturated carbocycles. The average Bonchev–Trinajstić information content (AvgIpc) is 3.13. The summed E-state index contributed by atoms with van der Waals surface area (Å²) in [4.78, 5) is 29.1. The lowest BCUT2D eigenvalue weighted by Crippen LogP contribution is -3.10. The molecule has 2 saturated heterocycles. The number of nitrogens with one attached hydrogen (secondary N) is 1. The Balaban J connectivity index is 1.65. The second kappa shape index (κ2) is 5.88. The van der Waals surface area contributed by atoms with E-state index in [9.17, 15) is 14.9 Å². The van der Waals surface area contributed by atoms with Gasteiger partial charge in [-0.15, -0.1) is 0 Å². The van der Waals surface area contributed by atoms with Gasteiger partial charge in [0.2, 0.25) is 11.8 Å². The summed E-state index contributed by atoms with van der Waals surface area (Å²) < 4.78 is 0. The lowest BCUT2D eigenvalue weighted by Gasteiger charge is -2.29. The average molecular weight is 370 g/mol. The molecule has 5 nitrogen and oxygen atoms in total. The van der Waals surface area contributed by atoms with Crippen molar-refractivity contribution < 1.29 is 14.5 Å². The first-order chi connectivity index (χ1) is 13.5. The topological polar surface area (TPSA) is 65.6 Å². The molecule has 28 heavy (non-hydrogen) atoms. The highest BCUT2D eigenvalue weighted by Crippen LogP contribution is 2.44. The highest BCUT2D eigenvalue weighted by atomic mass is 16.2. The van der Waals surface area contributed by atoms with Gasteiger partial charge in [-0.2, -0.15) is 5.26 Å².